The van der Waals surface area contributed by atoms with Crippen LogP contribution in [0.5, 0.6) is 0 Å². The summed E-state index contributed by atoms with van der Waals surface area (Å²) in [5, 5.41) is 12.7. The third-order valence-corrected chi connectivity index (χ3v) is 4.61. The van der Waals surface area contributed by atoms with Crippen LogP contribution < -0.4 is 10.6 Å². The van der Waals surface area contributed by atoms with Gasteiger partial charge in [-0.15, -0.1) is 10.2 Å². The van der Waals surface area contributed by atoms with Crippen LogP contribution in [-0.2, 0) is 6.42 Å². The summed E-state index contributed by atoms with van der Waals surface area (Å²) in [7, 11) is 0. The van der Waals surface area contributed by atoms with Crippen molar-refractivity contribution < 1.29 is 0 Å². The van der Waals surface area contributed by atoms with Gasteiger partial charge in [0.15, 0.2) is 0 Å². The number of rotatable bonds is 3. The van der Waals surface area contributed by atoms with Gasteiger partial charge in [-0.2, -0.15) is 9.61 Å². The fraction of sp³-hybridized carbons (Fsp3) is 0.438. The Morgan fingerprint density at radius 1 is 1.29 bits per heavy atom. The van der Waals surface area contributed by atoms with E-state index in [0.29, 0.717) is 11.9 Å². The zero-order valence-electron chi connectivity index (χ0n) is 13.6. The molecule has 0 bridgehead atoms. The Morgan fingerprint density at radius 2 is 2.12 bits per heavy atom. The first-order chi connectivity index (χ1) is 11.7. The van der Waals surface area contributed by atoms with Crippen LogP contribution in [0.4, 0.5) is 11.6 Å². The highest BCUT2D eigenvalue weighted by Gasteiger charge is 2.24. The molecule has 0 amide bonds. The lowest BCUT2D eigenvalue weighted by Gasteiger charge is -2.33. The van der Waals surface area contributed by atoms with Crippen molar-refractivity contribution in [1.82, 2.24) is 29.8 Å². The first-order valence-corrected chi connectivity index (χ1v) is 8.28. The highest BCUT2D eigenvalue weighted by atomic mass is 15.4. The van der Waals surface area contributed by atoms with Gasteiger partial charge in [0.05, 0.1) is 11.4 Å². The van der Waals surface area contributed by atoms with Crippen molar-refractivity contribution in [2.24, 2.45) is 0 Å². The highest BCUT2D eigenvalue weighted by Crippen LogP contribution is 2.31. The second kappa shape index (κ2) is 6.03. The summed E-state index contributed by atoms with van der Waals surface area (Å²) in [4.78, 5) is 10.7. The minimum atomic E-state index is 0.349. The number of nitrogens with two attached hydrogens (primary N) is 1. The van der Waals surface area contributed by atoms with E-state index in [1.165, 1.54) is 0 Å². The normalized spacial score (nSPS) is 16.0. The molecule has 4 rings (SSSR count). The van der Waals surface area contributed by atoms with E-state index in [9.17, 15) is 0 Å². The van der Waals surface area contributed by atoms with Gasteiger partial charge in [0.2, 0.25) is 11.6 Å². The van der Waals surface area contributed by atoms with Gasteiger partial charge < -0.3 is 10.6 Å². The maximum atomic E-state index is 5.71. The standard InChI is InChI=1S/C16H20N8/c1-2-12-9-14(15-21-19-10-24(15)22-12)23-7-4-11(5-8-23)13-3-6-18-16(17)20-13/h3,6,9-11H,2,4-5,7-8H2,1H3,(H2,17,18,20). The predicted molar refractivity (Wildman–Crippen MR) is 90.8 cm³/mol. The van der Waals surface area contributed by atoms with Crippen molar-refractivity contribution in [3.63, 3.8) is 0 Å². The molecule has 24 heavy (non-hydrogen) atoms. The van der Waals surface area contributed by atoms with E-state index in [0.717, 1.165) is 55.1 Å². The second-order valence-corrected chi connectivity index (χ2v) is 6.07. The quantitative estimate of drug-likeness (QED) is 0.778. The molecule has 8 nitrogen and oxygen atoms in total. The lowest BCUT2D eigenvalue weighted by molar-refractivity contribution is 0.496. The average Bonchev–Trinajstić information content (AvgIpc) is 3.09. The minimum absolute atomic E-state index is 0.349. The lowest BCUT2D eigenvalue weighted by atomic mass is 9.93. The molecule has 0 spiro atoms. The van der Waals surface area contributed by atoms with E-state index < -0.39 is 0 Å². The van der Waals surface area contributed by atoms with Crippen molar-refractivity contribution in [1.29, 1.82) is 0 Å². The third kappa shape index (κ3) is 2.64. The monoisotopic (exact) mass is 324 g/mol. The number of hydrogen-bond donors (Lipinski definition) is 1. The van der Waals surface area contributed by atoms with Gasteiger partial charge in [0, 0.05) is 30.9 Å². The molecule has 1 aliphatic heterocycles. The van der Waals surface area contributed by atoms with Gasteiger partial charge in [-0.1, -0.05) is 6.92 Å². The number of hydrogen-bond acceptors (Lipinski definition) is 7. The predicted octanol–water partition coefficient (Wildman–Crippen LogP) is 1.44. The Balaban J connectivity index is 1.57. The second-order valence-electron chi connectivity index (χ2n) is 6.07. The number of nitrogens with zero attached hydrogens (tertiary/aromatic N) is 7. The molecule has 0 saturated carbocycles. The molecule has 3 aromatic rings. The third-order valence-electron chi connectivity index (χ3n) is 4.61. The average molecular weight is 324 g/mol. The molecule has 0 aliphatic carbocycles. The molecule has 0 atom stereocenters. The Bertz CT molecular complexity index is 850. The fourth-order valence-corrected chi connectivity index (χ4v) is 3.30. The van der Waals surface area contributed by atoms with E-state index in [2.05, 4.69) is 43.2 Å². The van der Waals surface area contributed by atoms with Crippen LogP contribution in [-0.4, -0.2) is 42.9 Å². The number of piperidine rings is 1. The Kier molecular flexibility index (Phi) is 3.72. The number of fused-ring (bicyclic) bond motifs is 1. The summed E-state index contributed by atoms with van der Waals surface area (Å²) >= 11 is 0. The Morgan fingerprint density at radius 3 is 2.88 bits per heavy atom. The zero-order valence-corrected chi connectivity index (χ0v) is 13.6. The molecule has 0 aromatic carbocycles. The summed E-state index contributed by atoms with van der Waals surface area (Å²) in [5.41, 5.74) is 9.72. The van der Waals surface area contributed by atoms with E-state index in [1.54, 1.807) is 17.0 Å². The summed E-state index contributed by atoms with van der Waals surface area (Å²) in [6, 6.07) is 4.10. The first-order valence-electron chi connectivity index (χ1n) is 8.28. The molecule has 3 aromatic heterocycles. The molecule has 0 unspecified atom stereocenters. The first kappa shape index (κ1) is 14.8. The smallest absolute Gasteiger partial charge is 0.220 e. The van der Waals surface area contributed by atoms with E-state index in [4.69, 9.17) is 5.73 Å². The molecule has 0 radical (unpaired) electrons. The molecule has 1 aliphatic rings. The topological polar surface area (TPSA) is 98.1 Å². The number of aromatic nitrogens is 6. The van der Waals surface area contributed by atoms with Crippen LogP contribution in [0.3, 0.4) is 0 Å². The molecule has 1 saturated heterocycles. The molecule has 4 heterocycles. The largest absolute Gasteiger partial charge is 0.368 e. The lowest BCUT2D eigenvalue weighted by Crippen LogP contribution is -2.33. The van der Waals surface area contributed by atoms with Gasteiger partial charge in [-0.3, -0.25) is 0 Å². The van der Waals surface area contributed by atoms with Crippen molar-refractivity contribution in [2.75, 3.05) is 23.7 Å². The van der Waals surface area contributed by atoms with Crippen LogP contribution in [0.1, 0.15) is 37.1 Å². The van der Waals surface area contributed by atoms with Gasteiger partial charge in [0.25, 0.3) is 0 Å². The summed E-state index contributed by atoms with van der Waals surface area (Å²) in [6.07, 6.45) is 6.34. The number of aryl methyl sites for hydroxylation is 1. The maximum absolute atomic E-state index is 5.71. The van der Waals surface area contributed by atoms with Crippen molar-refractivity contribution in [2.45, 2.75) is 32.1 Å². The highest BCUT2D eigenvalue weighted by molar-refractivity contribution is 5.68. The molecule has 2 N–H and O–H groups in total. The molecule has 8 heteroatoms. The van der Waals surface area contributed by atoms with Crippen LogP contribution in [0.15, 0.2) is 24.7 Å². The number of nitrogen functional groups attached to an aromatic ring is 1. The fourth-order valence-electron chi connectivity index (χ4n) is 3.30. The van der Waals surface area contributed by atoms with Gasteiger partial charge in [0.1, 0.15) is 6.33 Å². The summed E-state index contributed by atoms with van der Waals surface area (Å²) in [5.74, 6) is 0.773. The van der Waals surface area contributed by atoms with Gasteiger partial charge >= 0.3 is 0 Å². The van der Waals surface area contributed by atoms with Crippen molar-refractivity contribution in [3.05, 3.63) is 36.0 Å². The Labute approximate surface area is 139 Å². The molecular weight excluding hydrogens is 304 g/mol. The van der Waals surface area contributed by atoms with Crippen LogP contribution in [0.25, 0.3) is 5.65 Å². The van der Waals surface area contributed by atoms with Crippen LogP contribution in [0.2, 0.25) is 0 Å². The minimum Gasteiger partial charge on any atom is -0.368 e. The van der Waals surface area contributed by atoms with Crippen molar-refractivity contribution in [3.8, 4) is 0 Å². The summed E-state index contributed by atoms with van der Waals surface area (Å²) in [6.45, 7) is 4.00. The summed E-state index contributed by atoms with van der Waals surface area (Å²) < 4.78 is 1.77. The van der Waals surface area contributed by atoms with Crippen LogP contribution in [0, 0.1) is 0 Å². The maximum Gasteiger partial charge on any atom is 0.220 e. The molecular formula is C16H20N8. The van der Waals surface area contributed by atoms with E-state index in [-0.39, 0.29) is 0 Å². The van der Waals surface area contributed by atoms with Gasteiger partial charge in [-0.05, 0) is 31.4 Å². The number of anilines is 2. The SMILES string of the molecule is CCc1cc(N2CCC(c3ccnc(N)n3)CC2)c2nncn2n1. The van der Waals surface area contributed by atoms with Crippen molar-refractivity contribution >= 4 is 17.3 Å². The van der Waals surface area contributed by atoms with Gasteiger partial charge in [-0.25, -0.2) is 9.97 Å². The molecule has 124 valence electrons. The Hall–Kier alpha value is -2.77. The molecule has 1 fully saturated rings. The zero-order chi connectivity index (χ0) is 16.5. The van der Waals surface area contributed by atoms with Crippen LogP contribution >= 0.6 is 0 Å². The van der Waals surface area contributed by atoms with E-state index in [1.807, 2.05) is 6.07 Å². The van der Waals surface area contributed by atoms with E-state index >= 15 is 0 Å².